The van der Waals surface area contributed by atoms with Gasteiger partial charge >= 0.3 is 0 Å². The smallest absolute Gasteiger partial charge is 0.142 e. The number of anilines is 1. The van der Waals surface area contributed by atoms with Crippen molar-refractivity contribution in [2.24, 2.45) is 0 Å². The fourth-order valence-corrected chi connectivity index (χ4v) is 1.01. The molecular weight excluding hydrogens is 174 g/mol. The molecule has 1 aromatic carbocycles. The van der Waals surface area contributed by atoms with Gasteiger partial charge in [0, 0.05) is 10.7 Å². The highest BCUT2D eigenvalue weighted by atomic mass is 35.5. The number of rotatable bonds is 2. The second-order valence-corrected chi connectivity index (χ2v) is 2.70. The molecule has 0 radical (unpaired) electrons. The maximum Gasteiger partial charge on any atom is 0.142 e. The van der Waals surface area contributed by atoms with Crippen LogP contribution in [0.15, 0.2) is 24.3 Å². The molecule has 0 bridgehead atoms. The summed E-state index contributed by atoms with van der Waals surface area (Å²) in [6, 6.07) is 5.11. The van der Waals surface area contributed by atoms with E-state index in [1.54, 1.807) is 24.3 Å². The van der Waals surface area contributed by atoms with E-state index in [0.29, 0.717) is 17.0 Å². The van der Waals surface area contributed by atoms with Crippen LogP contribution in [0.2, 0.25) is 5.02 Å². The van der Waals surface area contributed by atoms with Gasteiger partial charge in [0.05, 0.1) is 0 Å². The molecule has 0 unspecified atom stereocenters. The normalized spacial score (nSPS) is 10.4. The topological polar surface area (TPSA) is 43.1 Å². The predicted molar refractivity (Wildman–Crippen MR) is 51.0 cm³/mol. The minimum Gasteiger partial charge on any atom is -0.398 e. The van der Waals surface area contributed by atoms with Gasteiger partial charge in [0.1, 0.15) is 6.29 Å². The van der Waals surface area contributed by atoms with Crippen LogP contribution in [-0.4, -0.2) is 6.29 Å². The lowest BCUT2D eigenvalue weighted by Gasteiger charge is -1.98. The van der Waals surface area contributed by atoms with Crippen LogP contribution in [-0.2, 0) is 4.79 Å². The Balaban J connectivity index is 3.04. The molecule has 0 aliphatic carbocycles. The molecule has 0 spiro atoms. The third-order valence-electron chi connectivity index (χ3n) is 1.40. The van der Waals surface area contributed by atoms with Crippen molar-refractivity contribution < 1.29 is 4.79 Å². The van der Waals surface area contributed by atoms with Crippen LogP contribution in [0.4, 0.5) is 5.69 Å². The number of aldehydes is 1. The zero-order valence-corrected chi connectivity index (χ0v) is 7.08. The molecular formula is C9H8ClNO. The van der Waals surface area contributed by atoms with Gasteiger partial charge in [-0.05, 0) is 35.9 Å². The molecule has 2 nitrogen and oxygen atoms in total. The molecule has 2 N–H and O–H groups in total. The molecule has 1 aromatic rings. The van der Waals surface area contributed by atoms with Crippen molar-refractivity contribution in [1.29, 1.82) is 0 Å². The third-order valence-corrected chi connectivity index (χ3v) is 1.64. The summed E-state index contributed by atoms with van der Waals surface area (Å²) in [5, 5.41) is 0.606. The first-order valence-electron chi connectivity index (χ1n) is 3.41. The van der Waals surface area contributed by atoms with Gasteiger partial charge in [-0.25, -0.2) is 0 Å². The van der Waals surface area contributed by atoms with Crippen LogP contribution < -0.4 is 5.73 Å². The number of nitrogens with two attached hydrogens (primary N) is 1. The van der Waals surface area contributed by atoms with Crippen molar-refractivity contribution in [3.05, 3.63) is 34.9 Å². The van der Waals surface area contributed by atoms with Gasteiger partial charge in [0.2, 0.25) is 0 Å². The Bertz CT molecular complexity index is 320. The lowest BCUT2D eigenvalue weighted by Crippen LogP contribution is -1.88. The standard InChI is InChI=1S/C9H8ClNO/c10-8-3-4-9(11)7(6-8)2-1-5-12/h1-6H,11H2. The van der Waals surface area contributed by atoms with Gasteiger partial charge in [-0.1, -0.05) is 11.6 Å². The predicted octanol–water partition coefficient (Wildman–Crippen LogP) is 2.13. The molecule has 0 saturated heterocycles. The molecule has 0 saturated carbocycles. The molecule has 0 amide bonds. The Morgan fingerprint density at radius 1 is 1.42 bits per heavy atom. The Morgan fingerprint density at radius 2 is 2.17 bits per heavy atom. The summed E-state index contributed by atoms with van der Waals surface area (Å²) in [6.07, 6.45) is 3.69. The van der Waals surface area contributed by atoms with Crippen LogP contribution >= 0.6 is 11.6 Å². The van der Waals surface area contributed by atoms with Crippen molar-refractivity contribution in [3.8, 4) is 0 Å². The first-order valence-corrected chi connectivity index (χ1v) is 3.78. The Morgan fingerprint density at radius 3 is 2.83 bits per heavy atom. The fraction of sp³-hybridized carbons (Fsp3) is 0. The average Bonchev–Trinajstić information content (AvgIpc) is 2.07. The lowest BCUT2D eigenvalue weighted by molar-refractivity contribution is -0.104. The summed E-state index contributed by atoms with van der Waals surface area (Å²) in [6.45, 7) is 0. The van der Waals surface area contributed by atoms with Gasteiger partial charge < -0.3 is 5.73 Å². The minimum absolute atomic E-state index is 0.606. The largest absolute Gasteiger partial charge is 0.398 e. The molecule has 0 aliphatic rings. The number of carbonyl (C=O) groups excluding carboxylic acids is 1. The first kappa shape index (κ1) is 8.81. The summed E-state index contributed by atoms with van der Waals surface area (Å²) in [5.41, 5.74) is 6.97. The molecule has 62 valence electrons. The quantitative estimate of drug-likeness (QED) is 0.432. The number of halogens is 1. The Kier molecular flexibility index (Phi) is 2.88. The highest BCUT2D eigenvalue weighted by Crippen LogP contribution is 2.18. The fourth-order valence-electron chi connectivity index (χ4n) is 0.833. The number of nitrogen functional groups attached to an aromatic ring is 1. The molecule has 0 fully saturated rings. The SMILES string of the molecule is Nc1ccc(Cl)cc1C=CC=O. The highest BCUT2D eigenvalue weighted by Gasteiger charge is 1.94. The van der Waals surface area contributed by atoms with Crippen LogP contribution in [0.25, 0.3) is 6.08 Å². The van der Waals surface area contributed by atoms with Crippen molar-refractivity contribution in [3.63, 3.8) is 0 Å². The van der Waals surface area contributed by atoms with E-state index < -0.39 is 0 Å². The molecule has 0 heterocycles. The minimum atomic E-state index is 0.606. The number of hydrogen-bond acceptors (Lipinski definition) is 2. The number of hydrogen-bond donors (Lipinski definition) is 1. The lowest BCUT2D eigenvalue weighted by atomic mass is 10.2. The second-order valence-electron chi connectivity index (χ2n) is 2.27. The molecule has 12 heavy (non-hydrogen) atoms. The first-order chi connectivity index (χ1) is 5.74. The van der Waals surface area contributed by atoms with Gasteiger partial charge in [0.25, 0.3) is 0 Å². The molecule has 1 rings (SSSR count). The van der Waals surface area contributed by atoms with Crippen molar-refractivity contribution in [1.82, 2.24) is 0 Å². The van der Waals surface area contributed by atoms with Crippen LogP contribution in [0, 0.1) is 0 Å². The highest BCUT2D eigenvalue weighted by molar-refractivity contribution is 6.30. The van der Waals surface area contributed by atoms with Gasteiger partial charge in [-0.3, -0.25) is 4.79 Å². The Labute approximate surface area is 75.6 Å². The van der Waals surface area contributed by atoms with Gasteiger partial charge in [-0.2, -0.15) is 0 Å². The van der Waals surface area contributed by atoms with E-state index in [2.05, 4.69) is 0 Å². The summed E-state index contributed by atoms with van der Waals surface area (Å²) in [5.74, 6) is 0. The van der Waals surface area contributed by atoms with Gasteiger partial charge in [0.15, 0.2) is 0 Å². The van der Waals surface area contributed by atoms with Crippen molar-refractivity contribution in [2.75, 3.05) is 5.73 Å². The summed E-state index contributed by atoms with van der Waals surface area (Å²) < 4.78 is 0. The summed E-state index contributed by atoms with van der Waals surface area (Å²) in [7, 11) is 0. The number of benzene rings is 1. The van der Waals surface area contributed by atoms with E-state index in [1.165, 1.54) is 6.08 Å². The van der Waals surface area contributed by atoms with E-state index in [9.17, 15) is 4.79 Å². The Hall–Kier alpha value is -1.28. The van der Waals surface area contributed by atoms with Crippen LogP contribution in [0.1, 0.15) is 5.56 Å². The maximum absolute atomic E-state index is 10.0. The maximum atomic E-state index is 10.0. The van der Waals surface area contributed by atoms with Crippen LogP contribution in [0.3, 0.4) is 0 Å². The van der Waals surface area contributed by atoms with E-state index in [1.807, 2.05) is 0 Å². The van der Waals surface area contributed by atoms with E-state index in [0.717, 1.165) is 5.56 Å². The molecule has 0 atom stereocenters. The van der Waals surface area contributed by atoms with Crippen LogP contribution in [0.5, 0.6) is 0 Å². The second kappa shape index (κ2) is 3.93. The van der Waals surface area contributed by atoms with Crippen molar-refractivity contribution >= 4 is 29.7 Å². The summed E-state index contributed by atoms with van der Waals surface area (Å²) in [4.78, 5) is 10.0. The van der Waals surface area contributed by atoms with E-state index >= 15 is 0 Å². The zero-order valence-electron chi connectivity index (χ0n) is 6.33. The molecule has 0 aliphatic heterocycles. The van der Waals surface area contributed by atoms with Crippen molar-refractivity contribution in [2.45, 2.75) is 0 Å². The zero-order chi connectivity index (χ0) is 8.97. The third kappa shape index (κ3) is 2.10. The monoisotopic (exact) mass is 181 g/mol. The number of carbonyl (C=O) groups is 1. The number of allylic oxidation sites excluding steroid dienone is 1. The van der Waals surface area contributed by atoms with E-state index in [4.69, 9.17) is 17.3 Å². The van der Waals surface area contributed by atoms with Gasteiger partial charge in [-0.15, -0.1) is 0 Å². The average molecular weight is 182 g/mol. The molecule has 3 heteroatoms. The summed E-state index contributed by atoms with van der Waals surface area (Å²) >= 11 is 5.72. The van der Waals surface area contributed by atoms with E-state index in [-0.39, 0.29) is 0 Å². The molecule has 0 aromatic heterocycles.